The maximum atomic E-state index is 6.11. The van der Waals surface area contributed by atoms with Crippen LogP contribution >= 0.6 is 23.2 Å². The highest BCUT2D eigenvalue weighted by molar-refractivity contribution is 6.43. The summed E-state index contributed by atoms with van der Waals surface area (Å²) in [6, 6.07) is 3.87. The first-order valence-electron chi connectivity index (χ1n) is 7.19. The molecule has 2 aromatic rings. The number of tetrazole rings is 1. The van der Waals surface area contributed by atoms with E-state index in [1.807, 2.05) is 4.68 Å². The van der Waals surface area contributed by atoms with Crippen LogP contribution < -0.4 is 5.73 Å². The van der Waals surface area contributed by atoms with Crippen molar-refractivity contribution in [1.29, 1.82) is 0 Å². The van der Waals surface area contributed by atoms with Gasteiger partial charge >= 0.3 is 0 Å². The lowest BCUT2D eigenvalue weighted by molar-refractivity contribution is 0.400. The average molecular weight is 326 g/mol. The van der Waals surface area contributed by atoms with E-state index in [1.165, 1.54) is 25.7 Å². The quantitative estimate of drug-likeness (QED) is 0.665. The topological polar surface area (TPSA) is 69.6 Å². The molecule has 0 saturated heterocycles. The van der Waals surface area contributed by atoms with Crippen LogP contribution in [0.25, 0.3) is 11.4 Å². The zero-order valence-corrected chi connectivity index (χ0v) is 13.1. The van der Waals surface area contributed by atoms with Gasteiger partial charge in [0.1, 0.15) is 0 Å². The molecule has 1 aliphatic rings. The van der Waals surface area contributed by atoms with Gasteiger partial charge in [-0.2, -0.15) is 0 Å². The van der Waals surface area contributed by atoms with Crippen molar-refractivity contribution in [2.24, 2.45) is 0 Å². The number of hydrogen-bond acceptors (Lipinski definition) is 4. The molecule has 0 bridgehead atoms. The molecular weight excluding hydrogens is 309 g/mol. The fourth-order valence-electron chi connectivity index (χ4n) is 2.87. The third-order valence-corrected chi connectivity index (χ3v) is 4.79. The predicted octanol–water partition coefficient (Wildman–Crippen LogP) is 4.12. The zero-order valence-electron chi connectivity index (χ0n) is 11.6. The molecule has 0 radical (unpaired) electrons. The number of nitrogens with two attached hydrogens (primary N) is 1. The molecule has 1 heterocycles. The van der Waals surface area contributed by atoms with Gasteiger partial charge in [-0.1, -0.05) is 48.9 Å². The van der Waals surface area contributed by atoms with E-state index in [0.717, 1.165) is 18.4 Å². The molecule has 0 amide bonds. The second kappa shape index (κ2) is 6.20. The number of benzene rings is 1. The highest BCUT2D eigenvalue weighted by Crippen LogP contribution is 2.35. The summed E-state index contributed by atoms with van der Waals surface area (Å²) in [6.07, 6.45) is 7.21. The second-order valence-electron chi connectivity index (χ2n) is 5.45. The summed E-state index contributed by atoms with van der Waals surface area (Å²) >= 11 is 12.1. The molecule has 0 aliphatic heterocycles. The first-order valence-corrected chi connectivity index (χ1v) is 7.95. The minimum absolute atomic E-state index is 0.341. The van der Waals surface area contributed by atoms with E-state index in [0.29, 0.717) is 27.6 Å². The number of nitrogen functional groups attached to an aromatic ring is 1. The van der Waals surface area contributed by atoms with E-state index in [1.54, 1.807) is 12.1 Å². The van der Waals surface area contributed by atoms with Crippen LogP contribution in [-0.4, -0.2) is 20.2 Å². The molecule has 5 nitrogen and oxygen atoms in total. The monoisotopic (exact) mass is 325 g/mol. The Morgan fingerprint density at radius 3 is 2.48 bits per heavy atom. The van der Waals surface area contributed by atoms with Gasteiger partial charge in [-0.15, -0.1) is 5.10 Å². The highest BCUT2D eigenvalue weighted by atomic mass is 35.5. The fourth-order valence-corrected chi connectivity index (χ4v) is 3.21. The highest BCUT2D eigenvalue weighted by Gasteiger charge is 2.21. The van der Waals surface area contributed by atoms with Crippen LogP contribution in [0.15, 0.2) is 12.1 Å². The van der Waals surface area contributed by atoms with Gasteiger partial charge in [0, 0.05) is 5.56 Å². The smallest absolute Gasteiger partial charge is 0.182 e. The standard InChI is InChI=1S/C14H17Cl2N5/c15-11-7-9(8-12(17)13(11)16)14-18-19-20-21(14)10-5-3-1-2-4-6-10/h7-8,10H,1-6,17H2. The zero-order chi connectivity index (χ0) is 14.8. The van der Waals surface area contributed by atoms with Crippen molar-refractivity contribution in [1.82, 2.24) is 20.2 Å². The van der Waals surface area contributed by atoms with Crippen molar-refractivity contribution in [2.45, 2.75) is 44.6 Å². The van der Waals surface area contributed by atoms with Crippen LogP contribution in [0.2, 0.25) is 10.0 Å². The molecule has 1 fully saturated rings. The second-order valence-corrected chi connectivity index (χ2v) is 6.24. The SMILES string of the molecule is Nc1cc(-c2nnnn2C2CCCCCC2)cc(Cl)c1Cl. The number of aromatic nitrogens is 4. The van der Waals surface area contributed by atoms with Gasteiger partial charge in [-0.25, -0.2) is 4.68 Å². The van der Waals surface area contributed by atoms with Crippen molar-refractivity contribution >= 4 is 28.9 Å². The minimum atomic E-state index is 0.341. The van der Waals surface area contributed by atoms with Crippen molar-refractivity contribution < 1.29 is 0 Å². The van der Waals surface area contributed by atoms with Crippen molar-refractivity contribution in [2.75, 3.05) is 5.73 Å². The lowest BCUT2D eigenvalue weighted by Crippen LogP contribution is -2.11. The van der Waals surface area contributed by atoms with Gasteiger partial charge in [0.15, 0.2) is 5.82 Å². The summed E-state index contributed by atoms with van der Waals surface area (Å²) in [7, 11) is 0. The van der Waals surface area contributed by atoms with Gasteiger partial charge in [0.25, 0.3) is 0 Å². The van der Waals surface area contributed by atoms with E-state index in [2.05, 4.69) is 15.5 Å². The fraction of sp³-hybridized carbons (Fsp3) is 0.500. The lowest BCUT2D eigenvalue weighted by Gasteiger charge is -2.16. The molecule has 1 aromatic heterocycles. The van der Waals surface area contributed by atoms with Gasteiger partial charge in [0.05, 0.1) is 21.8 Å². The molecular formula is C14H17Cl2N5. The molecule has 1 aliphatic carbocycles. The molecule has 112 valence electrons. The summed E-state index contributed by atoms with van der Waals surface area (Å²) < 4.78 is 1.91. The molecule has 0 unspecified atom stereocenters. The molecule has 3 rings (SSSR count). The number of rotatable bonds is 2. The molecule has 0 spiro atoms. The number of anilines is 1. The molecule has 1 saturated carbocycles. The average Bonchev–Trinajstić information content (AvgIpc) is 2.80. The minimum Gasteiger partial charge on any atom is -0.397 e. The van der Waals surface area contributed by atoms with E-state index < -0.39 is 0 Å². The first-order chi connectivity index (χ1) is 10.2. The van der Waals surface area contributed by atoms with E-state index in [4.69, 9.17) is 28.9 Å². The normalized spacial score (nSPS) is 16.9. The van der Waals surface area contributed by atoms with Crippen LogP contribution in [0, 0.1) is 0 Å². The van der Waals surface area contributed by atoms with Gasteiger partial charge in [-0.3, -0.25) is 0 Å². The van der Waals surface area contributed by atoms with E-state index in [-0.39, 0.29) is 0 Å². The number of halogens is 2. The Balaban J connectivity index is 1.98. The van der Waals surface area contributed by atoms with Gasteiger partial charge in [-0.05, 0) is 35.4 Å². The predicted molar refractivity (Wildman–Crippen MR) is 84.4 cm³/mol. The lowest BCUT2D eigenvalue weighted by atomic mass is 10.1. The maximum absolute atomic E-state index is 6.11. The van der Waals surface area contributed by atoms with Gasteiger partial charge < -0.3 is 5.73 Å². The van der Waals surface area contributed by atoms with Crippen LogP contribution in [-0.2, 0) is 0 Å². The Morgan fingerprint density at radius 1 is 1.10 bits per heavy atom. The summed E-state index contributed by atoms with van der Waals surface area (Å²) in [4.78, 5) is 0. The van der Waals surface area contributed by atoms with E-state index >= 15 is 0 Å². The Bertz CT molecular complexity index is 609. The Kier molecular flexibility index (Phi) is 4.31. The van der Waals surface area contributed by atoms with Crippen LogP contribution in [0.5, 0.6) is 0 Å². The van der Waals surface area contributed by atoms with Crippen molar-refractivity contribution in [3.63, 3.8) is 0 Å². The van der Waals surface area contributed by atoms with Gasteiger partial charge in [0.2, 0.25) is 0 Å². The molecule has 1 aromatic carbocycles. The summed E-state index contributed by atoms with van der Waals surface area (Å²) in [5, 5.41) is 12.9. The van der Waals surface area contributed by atoms with Crippen LogP contribution in [0.1, 0.15) is 44.6 Å². The molecule has 0 atom stereocenters. The molecule has 7 heteroatoms. The summed E-state index contributed by atoms with van der Waals surface area (Å²) in [5.74, 6) is 0.701. The summed E-state index contributed by atoms with van der Waals surface area (Å²) in [5.41, 5.74) is 7.13. The van der Waals surface area contributed by atoms with Crippen molar-refractivity contribution in [3.8, 4) is 11.4 Å². The third-order valence-electron chi connectivity index (χ3n) is 3.98. The van der Waals surface area contributed by atoms with Crippen LogP contribution in [0.3, 0.4) is 0 Å². The maximum Gasteiger partial charge on any atom is 0.182 e. The number of nitrogens with zero attached hydrogens (tertiary/aromatic N) is 4. The first kappa shape index (κ1) is 14.6. The number of hydrogen-bond donors (Lipinski definition) is 1. The largest absolute Gasteiger partial charge is 0.397 e. The molecule has 2 N–H and O–H groups in total. The Hall–Kier alpha value is -1.33. The van der Waals surface area contributed by atoms with E-state index in [9.17, 15) is 0 Å². The molecule has 21 heavy (non-hydrogen) atoms. The Morgan fingerprint density at radius 2 is 1.81 bits per heavy atom. The Labute approximate surface area is 133 Å². The summed E-state index contributed by atoms with van der Waals surface area (Å²) in [6.45, 7) is 0. The van der Waals surface area contributed by atoms with Crippen molar-refractivity contribution in [3.05, 3.63) is 22.2 Å². The third kappa shape index (κ3) is 2.99. The van der Waals surface area contributed by atoms with Crippen LogP contribution in [0.4, 0.5) is 5.69 Å².